The van der Waals surface area contributed by atoms with Crippen LogP contribution in [0.25, 0.3) is 0 Å². The van der Waals surface area contributed by atoms with Gasteiger partial charge in [0.25, 0.3) is 0 Å². The summed E-state index contributed by atoms with van der Waals surface area (Å²) in [6, 6.07) is 20.0. The van der Waals surface area contributed by atoms with Crippen molar-refractivity contribution >= 4 is 17.3 Å². The second-order valence-corrected chi connectivity index (χ2v) is 6.93. The third-order valence-corrected chi connectivity index (χ3v) is 4.94. The van der Waals surface area contributed by atoms with Crippen molar-refractivity contribution in [3.05, 3.63) is 87.9 Å². The van der Waals surface area contributed by atoms with E-state index in [1.807, 2.05) is 42.5 Å². The lowest BCUT2D eigenvalue weighted by molar-refractivity contribution is 0.284. The van der Waals surface area contributed by atoms with E-state index in [4.69, 9.17) is 21.1 Å². The standard InChI is InChI=1S/C23H24ClNO2/c1-16-8-10-20(12-17(16)2)25-14-18-9-11-22(23(13-18)26-3)27-15-19-6-4-5-7-21(19)24/h4-13,25H,14-15H2,1-3H3. The van der Waals surface area contributed by atoms with Gasteiger partial charge in [0.05, 0.1) is 7.11 Å². The second kappa shape index (κ2) is 8.83. The minimum atomic E-state index is 0.399. The zero-order chi connectivity index (χ0) is 19.2. The molecule has 0 atom stereocenters. The average Bonchev–Trinajstić information content (AvgIpc) is 2.68. The zero-order valence-electron chi connectivity index (χ0n) is 15.9. The largest absolute Gasteiger partial charge is 0.493 e. The normalized spacial score (nSPS) is 10.5. The predicted molar refractivity (Wildman–Crippen MR) is 112 cm³/mol. The second-order valence-electron chi connectivity index (χ2n) is 6.52. The molecular formula is C23H24ClNO2. The molecule has 3 rings (SSSR count). The van der Waals surface area contributed by atoms with E-state index in [1.54, 1.807) is 7.11 Å². The van der Waals surface area contributed by atoms with E-state index in [2.05, 4.69) is 37.4 Å². The lowest BCUT2D eigenvalue weighted by Crippen LogP contribution is -2.02. The highest BCUT2D eigenvalue weighted by molar-refractivity contribution is 6.31. The fourth-order valence-electron chi connectivity index (χ4n) is 2.77. The Morgan fingerprint density at radius 2 is 1.70 bits per heavy atom. The summed E-state index contributed by atoms with van der Waals surface area (Å²) in [6.45, 7) is 5.35. The third kappa shape index (κ3) is 4.95. The van der Waals surface area contributed by atoms with E-state index in [1.165, 1.54) is 11.1 Å². The van der Waals surface area contributed by atoms with Gasteiger partial charge in [-0.3, -0.25) is 0 Å². The molecule has 0 aliphatic heterocycles. The van der Waals surface area contributed by atoms with E-state index < -0.39 is 0 Å². The average molecular weight is 382 g/mol. The molecule has 0 radical (unpaired) electrons. The number of halogens is 1. The Kier molecular flexibility index (Phi) is 6.25. The van der Waals surface area contributed by atoms with E-state index in [0.29, 0.717) is 29.7 Å². The first-order valence-electron chi connectivity index (χ1n) is 8.91. The number of ether oxygens (including phenoxy) is 2. The van der Waals surface area contributed by atoms with Gasteiger partial charge >= 0.3 is 0 Å². The summed E-state index contributed by atoms with van der Waals surface area (Å²) < 4.78 is 11.4. The Morgan fingerprint density at radius 1 is 0.889 bits per heavy atom. The maximum Gasteiger partial charge on any atom is 0.161 e. The van der Waals surface area contributed by atoms with Crippen LogP contribution in [0.1, 0.15) is 22.3 Å². The lowest BCUT2D eigenvalue weighted by atomic mass is 10.1. The molecule has 0 aliphatic carbocycles. The molecule has 3 aromatic rings. The summed E-state index contributed by atoms with van der Waals surface area (Å²) in [5.41, 5.74) is 5.75. The minimum absolute atomic E-state index is 0.399. The number of hydrogen-bond acceptors (Lipinski definition) is 3. The summed E-state index contributed by atoms with van der Waals surface area (Å²) in [7, 11) is 1.65. The maximum atomic E-state index is 6.19. The number of aryl methyl sites for hydroxylation is 2. The van der Waals surface area contributed by atoms with Gasteiger partial charge in [0.1, 0.15) is 6.61 Å². The van der Waals surface area contributed by atoms with Gasteiger partial charge < -0.3 is 14.8 Å². The van der Waals surface area contributed by atoms with Gasteiger partial charge in [-0.2, -0.15) is 0 Å². The molecular weight excluding hydrogens is 358 g/mol. The van der Waals surface area contributed by atoms with Gasteiger partial charge in [0.2, 0.25) is 0 Å². The molecule has 0 bridgehead atoms. The van der Waals surface area contributed by atoms with Crippen molar-refractivity contribution in [3.8, 4) is 11.5 Å². The third-order valence-electron chi connectivity index (χ3n) is 4.57. The highest BCUT2D eigenvalue weighted by Crippen LogP contribution is 2.30. The first-order chi connectivity index (χ1) is 13.1. The van der Waals surface area contributed by atoms with Crippen LogP contribution in [-0.2, 0) is 13.2 Å². The van der Waals surface area contributed by atoms with E-state index in [0.717, 1.165) is 16.8 Å². The SMILES string of the molecule is COc1cc(CNc2ccc(C)c(C)c2)ccc1OCc1ccccc1Cl. The monoisotopic (exact) mass is 381 g/mol. The molecule has 0 spiro atoms. The van der Waals surface area contributed by atoms with Crippen molar-refractivity contribution in [2.45, 2.75) is 27.0 Å². The number of rotatable bonds is 7. The van der Waals surface area contributed by atoms with Crippen molar-refractivity contribution in [1.29, 1.82) is 0 Å². The number of hydrogen-bond donors (Lipinski definition) is 1. The van der Waals surface area contributed by atoms with Crippen molar-refractivity contribution < 1.29 is 9.47 Å². The molecule has 0 heterocycles. The minimum Gasteiger partial charge on any atom is -0.493 e. The van der Waals surface area contributed by atoms with Crippen LogP contribution in [0.15, 0.2) is 60.7 Å². The molecule has 1 N–H and O–H groups in total. The highest BCUT2D eigenvalue weighted by Gasteiger charge is 2.08. The van der Waals surface area contributed by atoms with Crippen LogP contribution in [0.5, 0.6) is 11.5 Å². The van der Waals surface area contributed by atoms with Crippen LogP contribution in [0.4, 0.5) is 5.69 Å². The number of anilines is 1. The first kappa shape index (κ1) is 19.1. The van der Waals surface area contributed by atoms with E-state index in [-0.39, 0.29) is 0 Å². The first-order valence-corrected chi connectivity index (χ1v) is 9.29. The molecule has 3 nitrogen and oxygen atoms in total. The topological polar surface area (TPSA) is 30.5 Å². The van der Waals surface area contributed by atoms with Crippen LogP contribution in [0.2, 0.25) is 5.02 Å². The maximum absolute atomic E-state index is 6.19. The molecule has 140 valence electrons. The summed E-state index contributed by atoms with van der Waals surface area (Å²) in [4.78, 5) is 0. The molecule has 0 unspecified atom stereocenters. The van der Waals surface area contributed by atoms with Gasteiger partial charge in [-0.05, 0) is 60.9 Å². The van der Waals surface area contributed by atoms with Gasteiger partial charge in [-0.25, -0.2) is 0 Å². The Bertz CT molecular complexity index is 924. The van der Waals surface area contributed by atoms with Crippen molar-refractivity contribution in [3.63, 3.8) is 0 Å². The van der Waals surface area contributed by atoms with Gasteiger partial charge in [0.15, 0.2) is 11.5 Å². The molecule has 3 aromatic carbocycles. The van der Waals surface area contributed by atoms with Crippen molar-refractivity contribution in [1.82, 2.24) is 0 Å². The Hall–Kier alpha value is -2.65. The van der Waals surface area contributed by atoms with E-state index in [9.17, 15) is 0 Å². The Balaban J connectivity index is 1.66. The smallest absolute Gasteiger partial charge is 0.161 e. The number of methoxy groups -OCH3 is 1. The molecule has 27 heavy (non-hydrogen) atoms. The van der Waals surface area contributed by atoms with Gasteiger partial charge in [-0.1, -0.05) is 41.9 Å². The predicted octanol–water partition coefficient (Wildman–Crippen LogP) is 6.16. The van der Waals surface area contributed by atoms with Crippen molar-refractivity contribution in [2.24, 2.45) is 0 Å². The molecule has 0 fully saturated rings. The molecule has 0 amide bonds. The van der Waals surface area contributed by atoms with Gasteiger partial charge in [-0.15, -0.1) is 0 Å². The Morgan fingerprint density at radius 3 is 2.44 bits per heavy atom. The Labute approximate surface area is 165 Å². The molecule has 0 aliphatic rings. The highest BCUT2D eigenvalue weighted by atomic mass is 35.5. The van der Waals surface area contributed by atoms with Crippen LogP contribution in [0, 0.1) is 13.8 Å². The van der Waals surface area contributed by atoms with Gasteiger partial charge in [0, 0.05) is 22.8 Å². The van der Waals surface area contributed by atoms with Crippen LogP contribution in [0.3, 0.4) is 0 Å². The van der Waals surface area contributed by atoms with Crippen LogP contribution < -0.4 is 14.8 Å². The number of benzene rings is 3. The van der Waals surface area contributed by atoms with Crippen LogP contribution in [-0.4, -0.2) is 7.11 Å². The quantitative estimate of drug-likeness (QED) is 0.531. The fraction of sp³-hybridized carbons (Fsp3) is 0.217. The number of nitrogens with one attached hydrogen (secondary N) is 1. The lowest BCUT2D eigenvalue weighted by Gasteiger charge is -2.14. The summed E-state index contributed by atoms with van der Waals surface area (Å²) in [5, 5.41) is 4.15. The molecule has 0 aromatic heterocycles. The summed E-state index contributed by atoms with van der Waals surface area (Å²) in [5.74, 6) is 1.41. The summed E-state index contributed by atoms with van der Waals surface area (Å²) >= 11 is 6.19. The fourth-order valence-corrected chi connectivity index (χ4v) is 2.96. The van der Waals surface area contributed by atoms with E-state index >= 15 is 0 Å². The molecule has 4 heteroatoms. The van der Waals surface area contributed by atoms with Crippen LogP contribution >= 0.6 is 11.6 Å². The zero-order valence-corrected chi connectivity index (χ0v) is 16.6. The molecule has 0 saturated carbocycles. The summed E-state index contributed by atoms with van der Waals surface area (Å²) in [6.07, 6.45) is 0. The molecule has 0 saturated heterocycles. The van der Waals surface area contributed by atoms with Crippen molar-refractivity contribution in [2.75, 3.05) is 12.4 Å².